The van der Waals surface area contributed by atoms with Crippen molar-refractivity contribution in [2.45, 2.75) is 70.3 Å². The van der Waals surface area contributed by atoms with Gasteiger partial charge in [0.05, 0.1) is 23.2 Å². The van der Waals surface area contributed by atoms with Crippen molar-refractivity contribution in [3.05, 3.63) is 41.0 Å². The molecule has 0 saturated carbocycles. The molecule has 0 N–H and O–H groups in total. The molecule has 7 heteroatoms. The smallest absolute Gasteiger partial charge is 0.417 e. The van der Waals surface area contributed by atoms with Crippen LogP contribution in [0.2, 0.25) is 0 Å². The van der Waals surface area contributed by atoms with Gasteiger partial charge in [0.15, 0.2) is 0 Å². The Morgan fingerprint density at radius 2 is 1.96 bits per heavy atom. The Morgan fingerprint density at radius 3 is 2.54 bits per heavy atom. The van der Waals surface area contributed by atoms with E-state index in [4.69, 9.17) is 10.00 Å². The number of rotatable bonds is 1. The number of carbonyl (C=O) groups is 1. The molecular formula is C21H23F3N2O2. The number of hydrogen-bond donors (Lipinski definition) is 0. The number of benzene rings is 1. The summed E-state index contributed by atoms with van der Waals surface area (Å²) in [5.74, 6) is 0. The van der Waals surface area contributed by atoms with Crippen LogP contribution in [0.4, 0.5) is 18.0 Å². The molecule has 1 fully saturated rings. The predicted molar refractivity (Wildman–Crippen MR) is 98.3 cm³/mol. The van der Waals surface area contributed by atoms with Crippen molar-refractivity contribution in [1.82, 2.24) is 4.90 Å². The Balaban J connectivity index is 1.98. The Hall–Kier alpha value is -2.49. The second-order valence-electron chi connectivity index (χ2n) is 8.31. The Labute approximate surface area is 162 Å². The summed E-state index contributed by atoms with van der Waals surface area (Å²) in [6, 6.07) is 4.96. The molecule has 2 atom stereocenters. The van der Waals surface area contributed by atoms with E-state index in [2.05, 4.69) is 0 Å². The van der Waals surface area contributed by atoms with Gasteiger partial charge in [0, 0.05) is 6.04 Å². The summed E-state index contributed by atoms with van der Waals surface area (Å²) in [5.41, 5.74) is -0.797. The Kier molecular flexibility index (Phi) is 5.18. The first-order chi connectivity index (χ1) is 13.0. The van der Waals surface area contributed by atoms with Crippen LogP contribution in [0.5, 0.6) is 0 Å². The van der Waals surface area contributed by atoms with E-state index in [1.54, 1.807) is 37.8 Å². The topological polar surface area (TPSA) is 53.3 Å². The molecule has 0 radical (unpaired) electrons. The van der Waals surface area contributed by atoms with Crippen molar-refractivity contribution in [3.63, 3.8) is 0 Å². The number of ether oxygens (including phenoxy) is 1. The van der Waals surface area contributed by atoms with E-state index in [9.17, 15) is 18.0 Å². The number of hydrogen-bond acceptors (Lipinski definition) is 3. The highest BCUT2D eigenvalue weighted by molar-refractivity contribution is 5.76. The fourth-order valence-corrected chi connectivity index (χ4v) is 3.96. The van der Waals surface area contributed by atoms with Crippen molar-refractivity contribution >= 4 is 11.7 Å². The average molecular weight is 392 g/mol. The van der Waals surface area contributed by atoms with Crippen LogP contribution >= 0.6 is 0 Å². The van der Waals surface area contributed by atoms with E-state index in [0.717, 1.165) is 18.9 Å². The number of halogens is 3. The zero-order valence-electron chi connectivity index (χ0n) is 16.1. The van der Waals surface area contributed by atoms with E-state index < -0.39 is 23.4 Å². The van der Waals surface area contributed by atoms with Gasteiger partial charge in [-0.05, 0) is 69.7 Å². The number of nitriles is 1. The number of nitrogens with zero attached hydrogens (tertiary/aromatic N) is 2. The lowest BCUT2D eigenvalue weighted by atomic mass is 9.81. The van der Waals surface area contributed by atoms with Gasteiger partial charge in [-0.2, -0.15) is 18.4 Å². The maximum atomic E-state index is 13.6. The van der Waals surface area contributed by atoms with Gasteiger partial charge in [0.1, 0.15) is 5.60 Å². The highest BCUT2D eigenvalue weighted by Gasteiger charge is 2.41. The van der Waals surface area contributed by atoms with E-state index >= 15 is 0 Å². The zero-order valence-corrected chi connectivity index (χ0v) is 16.1. The van der Waals surface area contributed by atoms with Crippen LogP contribution < -0.4 is 0 Å². The first kappa shape index (κ1) is 20.2. The minimum absolute atomic E-state index is 0.0249. The van der Waals surface area contributed by atoms with Crippen molar-refractivity contribution in [1.29, 1.82) is 5.26 Å². The predicted octanol–water partition coefficient (Wildman–Crippen LogP) is 5.52. The fourth-order valence-electron chi connectivity index (χ4n) is 3.96. The molecule has 0 spiro atoms. The molecule has 1 saturated heterocycles. The van der Waals surface area contributed by atoms with Gasteiger partial charge >= 0.3 is 12.3 Å². The van der Waals surface area contributed by atoms with Gasteiger partial charge < -0.3 is 4.74 Å². The summed E-state index contributed by atoms with van der Waals surface area (Å²) in [6.45, 7) is 5.37. The fraction of sp³-hybridized carbons (Fsp3) is 0.524. The maximum absolute atomic E-state index is 13.6. The molecule has 2 aliphatic heterocycles. The molecule has 4 nitrogen and oxygen atoms in total. The van der Waals surface area contributed by atoms with E-state index in [1.807, 2.05) is 0 Å². The van der Waals surface area contributed by atoms with Gasteiger partial charge in [-0.15, -0.1) is 0 Å². The van der Waals surface area contributed by atoms with Gasteiger partial charge in [0.2, 0.25) is 0 Å². The molecule has 150 valence electrons. The number of amides is 1. The molecule has 0 aliphatic carbocycles. The van der Waals surface area contributed by atoms with Crippen LogP contribution in [-0.4, -0.2) is 28.7 Å². The SMILES string of the molecule is CC(C)(C)OC(=O)N1C2C=C(c3ccc(C#N)cc3C(F)(F)F)CC1CCC2. The first-order valence-electron chi connectivity index (χ1n) is 9.33. The Bertz CT molecular complexity index is 847. The highest BCUT2D eigenvalue weighted by atomic mass is 19.4. The molecule has 1 aromatic carbocycles. The summed E-state index contributed by atoms with van der Waals surface area (Å²) in [6.07, 6.45) is -0.547. The molecule has 1 aromatic rings. The number of carbonyl (C=O) groups excluding carboxylic acids is 1. The third-order valence-corrected chi connectivity index (χ3v) is 5.04. The summed E-state index contributed by atoms with van der Waals surface area (Å²) in [7, 11) is 0. The molecular weight excluding hydrogens is 369 g/mol. The second kappa shape index (κ2) is 7.16. The lowest BCUT2D eigenvalue weighted by molar-refractivity contribution is -0.137. The third-order valence-electron chi connectivity index (χ3n) is 5.04. The lowest BCUT2D eigenvalue weighted by Crippen LogP contribution is -2.53. The summed E-state index contributed by atoms with van der Waals surface area (Å²) >= 11 is 0. The maximum Gasteiger partial charge on any atom is 0.417 e. The van der Waals surface area contributed by atoms with Crippen molar-refractivity contribution < 1.29 is 22.7 Å². The number of fused-ring (bicyclic) bond motifs is 2. The first-order valence-corrected chi connectivity index (χ1v) is 9.33. The Morgan fingerprint density at radius 1 is 1.25 bits per heavy atom. The molecule has 3 rings (SSSR count). The van der Waals surface area contributed by atoms with E-state index in [-0.39, 0.29) is 23.2 Å². The summed E-state index contributed by atoms with van der Waals surface area (Å²) in [4.78, 5) is 14.3. The molecule has 0 aromatic heterocycles. The van der Waals surface area contributed by atoms with Crippen LogP contribution in [0.15, 0.2) is 24.3 Å². The van der Waals surface area contributed by atoms with Crippen LogP contribution in [0.25, 0.3) is 5.57 Å². The number of alkyl halides is 3. The molecule has 28 heavy (non-hydrogen) atoms. The zero-order chi connectivity index (χ0) is 20.7. The van der Waals surface area contributed by atoms with Gasteiger partial charge in [-0.3, -0.25) is 4.90 Å². The highest BCUT2D eigenvalue weighted by Crippen LogP contribution is 2.42. The van der Waals surface area contributed by atoms with Gasteiger partial charge in [0.25, 0.3) is 0 Å². The lowest BCUT2D eigenvalue weighted by Gasteiger charge is -2.45. The quantitative estimate of drug-likeness (QED) is 0.632. The largest absolute Gasteiger partial charge is 0.444 e. The monoisotopic (exact) mass is 392 g/mol. The van der Waals surface area contributed by atoms with Crippen molar-refractivity contribution in [2.24, 2.45) is 0 Å². The van der Waals surface area contributed by atoms with Gasteiger partial charge in [-0.1, -0.05) is 12.1 Å². The van der Waals surface area contributed by atoms with E-state index in [1.165, 1.54) is 12.1 Å². The van der Waals surface area contributed by atoms with Crippen molar-refractivity contribution in [3.8, 4) is 6.07 Å². The summed E-state index contributed by atoms with van der Waals surface area (Å²) < 4.78 is 46.2. The molecule has 2 heterocycles. The molecule has 1 amide bonds. The van der Waals surface area contributed by atoms with Gasteiger partial charge in [-0.25, -0.2) is 4.79 Å². The van der Waals surface area contributed by atoms with Crippen LogP contribution in [-0.2, 0) is 10.9 Å². The van der Waals surface area contributed by atoms with Crippen molar-refractivity contribution in [2.75, 3.05) is 0 Å². The molecule has 2 aliphatic rings. The minimum Gasteiger partial charge on any atom is -0.444 e. The van der Waals surface area contributed by atoms with Crippen LogP contribution in [0, 0.1) is 11.3 Å². The minimum atomic E-state index is -4.56. The summed E-state index contributed by atoms with van der Waals surface area (Å²) in [5, 5.41) is 8.96. The van der Waals surface area contributed by atoms with E-state index in [0.29, 0.717) is 18.4 Å². The normalized spacial score (nSPS) is 22.3. The number of piperidine rings is 1. The third kappa shape index (κ3) is 4.16. The molecule has 2 bridgehead atoms. The second-order valence-corrected chi connectivity index (χ2v) is 8.31. The standard InChI is InChI=1S/C21H23F3N2O2/c1-20(2,3)28-19(27)26-15-5-4-6-16(26)11-14(10-15)17-8-7-13(12-25)9-18(17)21(22,23)24/h7-10,15-16H,4-6,11H2,1-3H3. The van der Waals surface area contributed by atoms with Crippen LogP contribution in [0.3, 0.4) is 0 Å². The average Bonchev–Trinajstić information content (AvgIpc) is 2.57. The van der Waals surface area contributed by atoms with Crippen LogP contribution in [0.1, 0.15) is 63.1 Å². The molecule has 2 unspecified atom stereocenters.